The van der Waals surface area contributed by atoms with Gasteiger partial charge in [-0.15, -0.1) is 0 Å². The molecule has 0 saturated carbocycles. The van der Waals surface area contributed by atoms with E-state index in [9.17, 15) is 15.1 Å². The fourth-order valence-corrected chi connectivity index (χ4v) is 3.34. The molecule has 0 aliphatic heterocycles. The predicted molar refractivity (Wildman–Crippen MR) is 123 cm³/mol. The molecular formula is C22H18N8O3P+. The van der Waals surface area contributed by atoms with Crippen LogP contribution in [0.5, 0.6) is 0 Å². The molecule has 0 unspecified atom stereocenters. The molecule has 2 heterocycles. The molecule has 0 bridgehead atoms. The zero-order valence-electron chi connectivity index (χ0n) is 18.1. The van der Waals surface area contributed by atoms with E-state index in [1.165, 1.54) is 21.5 Å². The Morgan fingerprint density at radius 3 is 1.50 bits per heavy atom. The Balaban J connectivity index is 1.44. The van der Waals surface area contributed by atoms with E-state index in [0.29, 0.717) is 11.4 Å². The third kappa shape index (κ3) is 5.09. The highest BCUT2D eigenvalue weighted by Crippen LogP contribution is 2.28. The van der Waals surface area contributed by atoms with Crippen molar-refractivity contribution in [3.63, 3.8) is 0 Å². The number of hydrogen-bond acceptors (Lipinski definition) is 9. The number of rotatable bonds is 8. The van der Waals surface area contributed by atoms with Crippen molar-refractivity contribution in [1.29, 1.82) is 10.5 Å². The Kier molecular flexibility index (Phi) is 6.62. The van der Waals surface area contributed by atoms with Crippen molar-refractivity contribution >= 4 is 19.9 Å². The number of nitrogens with zero attached hydrogens (tertiary/aromatic N) is 6. The topological polar surface area (TPSA) is 143 Å². The molecule has 0 radical (unpaired) electrons. The Bertz CT molecular complexity index is 1300. The van der Waals surface area contributed by atoms with Crippen molar-refractivity contribution in [2.24, 2.45) is 0 Å². The van der Waals surface area contributed by atoms with Gasteiger partial charge in [0.2, 0.25) is 0 Å². The van der Waals surface area contributed by atoms with Crippen molar-refractivity contribution in [2.45, 2.75) is 13.8 Å². The molecule has 2 aromatic heterocycles. The molecule has 4 rings (SSSR count). The molecule has 2 aromatic carbocycles. The summed E-state index contributed by atoms with van der Waals surface area (Å²) in [5.74, 6) is 0.563. The zero-order chi connectivity index (χ0) is 24.1. The number of hydrogen-bond donors (Lipinski definition) is 2. The number of benzene rings is 2. The van der Waals surface area contributed by atoms with E-state index >= 15 is 0 Å². The molecule has 0 aliphatic rings. The predicted octanol–water partition coefficient (Wildman–Crippen LogP) is 4.46. The van der Waals surface area contributed by atoms with Crippen LogP contribution in [0.3, 0.4) is 0 Å². The first-order chi connectivity index (χ1) is 16.5. The molecule has 0 saturated heterocycles. The van der Waals surface area contributed by atoms with Gasteiger partial charge in [-0.2, -0.15) is 31.7 Å². The Morgan fingerprint density at radius 1 is 0.765 bits per heavy atom. The van der Waals surface area contributed by atoms with Gasteiger partial charge in [-0.3, -0.25) is 0 Å². The van der Waals surface area contributed by atoms with Gasteiger partial charge in [-0.1, -0.05) is 35.4 Å². The molecule has 34 heavy (non-hydrogen) atoms. The molecular weight excluding hydrogens is 455 g/mol. The maximum atomic E-state index is 12.3. The lowest BCUT2D eigenvalue weighted by molar-refractivity contribution is 0.293. The fourth-order valence-electron chi connectivity index (χ4n) is 2.97. The number of aryl methyl sites for hydroxylation is 2. The second-order valence-corrected chi connectivity index (χ2v) is 7.97. The van der Waals surface area contributed by atoms with Crippen molar-refractivity contribution in [3.8, 4) is 23.5 Å². The van der Waals surface area contributed by atoms with E-state index in [1.54, 1.807) is 0 Å². The minimum atomic E-state index is -2.71. The standard InChI is InChI=1S/C22H18N8O3P/c1-15-3-7-19(8-4-15)29-21(11-17(13-23)25-29)27-32-34(31)33-28-22-12-18(14-24)26-30(22)20-9-5-16(2)6-10-20/h3-12,27-28H,1-2H3/q+1. The second kappa shape index (κ2) is 9.94. The summed E-state index contributed by atoms with van der Waals surface area (Å²) < 4.78 is 25.4. The molecule has 0 amide bonds. The van der Waals surface area contributed by atoms with Gasteiger partial charge in [-0.25, -0.2) is 9.36 Å². The maximum absolute atomic E-state index is 12.3. The lowest BCUT2D eigenvalue weighted by Crippen LogP contribution is -2.07. The van der Waals surface area contributed by atoms with E-state index in [2.05, 4.69) is 21.2 Å². The molecule has 2 N–H and O–H groups in total. The lowest BCUT2D eigenvalue weighted by Gasteiger charge is -2.07. The van der Waals surface area contributed by atoms with Crippen molar-refractivity contribution in [3.05, 3.63) is 83.2 Å². The first kappa shape index (κ1) is 22.6. The first-order valence-electron chi connectivity index (χ1n) is 9.94. The normalized spacial score (nSPS) is 10.4. The smallest absolute Gasteiger partial charge is 0.214 e. The summed E-state index contributed by atoms with van der Waals surface area (Å²) in [5, 5.41) is 26.8. The number of anilines is 2. The van der Waals surface area contributed by atoms with E-state index in [4.69, 9.17) is 9.25 Å². The average Bonchev–Trinajstić information content (AvgIpc) is 3.46. The zero-order valence-corrected chi connectivity index (χ0v) is 19.0. The summed E-state index contributed by atoms with van der Waals surface area (Å²) in [4.78, 5) is 0. The summed E-state index contributed by atoms with van der Waals surface area (Å²) >= 11 is 0. The minimum Gasteiger partial charge on any atom is -0.214 e. The van der Waals surface area contributed by atoms with Crippen molar-refractivity contribution in [2.75, 3.05) is 11.0 Å². The highest BCUT2D eigenvalue weighted by molar-refractivity contribution is 7.33. The van der Waals surface area contributed by atoms with Crippen LogP contribution >= 0.6 is 8.25 Å². The quantitative estimate of drug-likeness (QED) is 0.280. The van der Waals surface area contributed by atoms with Crippen LogP contribution in [0, 0.1) is 36.5 Å². The minimum absolute atomic E-state index is 0.145. The molecule has 12 heteroatoms. The third-order valence-corrected chi connectivity index (χ3v) is 5.14. The van der Waals surface area contributed by atoms with Crippen LogP contribution in [0.1, 0.15) is 22.5 Å². The molecule has 0 fully saturated rings. The molecule has 0 atom stereocenters. The van der Waals surface area contributed by atoms with Gasteiger partial charge in [0.1, 0.15) is 12.1 Å². The summed E-state index contributed by atoms with van der Waals surface area (Å²) in [5.41, 5.74) is 8.80. The van der Waals surface area contributed by atoms with Gasteiger partial charge in [-0.05, 0) is 38.1 Å². The summed E-state index contributed by atoms with van der Waals surface area (Å²) in [6, 6.07) is 21.7. The van der Waals surface area contributed by atoms with Gasteiger partial charge in [0.05, 0.1) is 11.4 Å². The molecule has 168 valence electrons. The van der Waals surface area contributed by atoms with Crippen LogP contribution in [-0.2, 0) is 13.8 Å². The summed E-state index contributed by atoms with van der Waals surface area (Å²) in [6.07, 6.45) is 0. The van der Waals surface area contributed by atoms with Crippen LogP contribution in [0.15, 0.2) is 60.7 Å². The first-order valence-corrected chi connectivity index (χ1v) is 11.0. The average molecular weight is 473 g/mol. The van der Waals surface area contributed by atoms with E-state index in [1.807, 2.05) is 74.5 Å². The van der Waals surface area contributed by atoms with Gasteiger partial charge in [0.25, 0.3) is 0 Å². The Labute approximate surface area is 195 Å². The van der Waals surface area contributed by atoms with Crippen LogP contribution in [0.2, 0.25) is 0 Å². The lowest BCUT2D eigenvalue weighted by atomic mass is 10.2. The van der Waals surface area contributed by atoms with E-state index < -0.39 is 8.25 Å². The third-order valence-electron chi connectivity index (χ3n) is 4.65. The van der Waals surface area contributed by atoms with Crippen molar-refractivity contribution in [1.82, 2.24) is 19.6 Å². The Hall–Kier alpha value is -4.54. The largest absolute Gasteiger partial charge is 0.746 e. The maximum Gasteiger partial charge on any atom is 0.746 e. The van der Waals surface area contributed by atoms with Gasteiger partial charge < -0.3 is 0 Å². The van der Waals surface area contributed by atoms with Crippen LogP contribution < -0.4 is 11.0 Å². The SMILES string of the molecule is Cc1ccc(-n2nc(C#N)cc2NO[P+](=O)ONc2cc(C#N)nn2-c2ccc(C)cc2)cc1. The van der Waals surface area contributed by atoms with Crippen LogP contribution in [-0.4, -0.2) is 19.6 Å². The monoisotopic (exact) mass is 473 g/mol. The van der Waals surface area contributed by atoms with E-state index in [0.717, 1.165) is 11.1 Å². The highest BCUT2D eigenvalue weighted by Gasteiger charge is 2.25. The Morgan fingerprint density at radius 2 is 1.15 bits per heavy atom. The van der Waals surface area contributed by atoms with Gasteiger partial charge in [0.15, 0.2) is 23.0 Å². The van der Waals surface area contributed by atoms with Gasteiger partial charge >= 0.3 is 8.25 Å². The number of aromatic nitrogens is 4. The van der Waals surface area contributed by atoms with Crippen molar-refractivity contribution < 1.29 is 13.8 Å². The molecule has 0 aliphatic carbocycles. The second-order valence-electron chi connectivity index (χ2n) is 7.16. The summed E-state index contributed by atoms with van der Waals surface area (Å²) in [7, 11) is -2.71. The summed E-state index contributed by atoms with van der Waals surface area (Å²) in [6.45, 7) is 3.91. The number of nitrogens with one attached hydrogen (secondary N) is 2. The molecule has 4 aromatic rings. The fraction of sp³-hybridized carbons (Fsp3) is 0.0909. The highest BCUT2D eigenvalue weighted by atomic mass is 31.1. The molecule has 11 nitrogen and oxygen atoms in total. The molecule has 0 spiro atoms. The number of nitriles is 2. The van der Waals surface area contributed by atoms with Crippen LogP contribution in [0.25, 0.3) is 11.4 Å². The van der Waals surface area contributed by atoms with Crippen LogP contribution in [0.4, 0.5) is 11.6 Å². The van der Waals surface area contributed by atoms with E-state index in [-0.39, 0.29) is 23.0 Å². The van der Waals surface area contributed by atoms with Gasteiger partial charge in [0, 0.05) is 25.9 Å².